The van der Waals surface area contributed by atoms with Crippen molar-refractivity contribution in [3.8, 4) is 0 Å². The maximum atomic E-state index is 10.2. The van der Waals surface area contributed by atoms with E-state index in [1.807, 2.05) is 0 Å². The van der Waals surface area contributed by atoms with Gasteiger partial charge in [-0.3, -0.25) is 0 Å². The van der Waals surface area contributed by atoms with Crippen LogP contribution in [0.1, 0.15) is 32.6 Å². The number of rotatable bonds is 11. The SMILES string of the molecule is CCCCCCOCCOCCOC(=O)Cl. The fourth-order valence-electron chi connectivity index (χ4n) is 1.13. The summed E-state index contributed by atoms with van der Waals surface area (Å²) in [4.78, 5) is 10.2. The van der Waals surface area contributed by atoms with Crippen LogP contribution in [-0.2, 0) is 14.2 Å². The lowest BCUT2D eigenvalue weighted by Gasteiger charge is -2.05. The van der Waals surface area contributed by atoms with Gasteiger partial charge in [-0.1, -0.05) is 26.2 Å². The third kappa shape index (κ3) is 13.7. The lowest BCUT2D eigenvalue weighted by Crippen LogP contribution is -2.10. The minimum atomic E-state index is -0.796. The Morgan fingerprint density at radius 2 is 1.56 bits per heavy atom. The molecular weight excluding hydrogens is 232 g/mol. The van der Waals surface area contributed by atoms with Gasteiger partial charge in [-0.05, 0) is 6.42 Å². The molecule has 96 valence electrons. The zero-order chi connectivity index (χ0) is 12.1. The van der Waals surface area contributed by atoms with E-state index < -0.39 is 5.43 Å². The van der Waals surface area contributed by atoms with Crippen LogP contribution in [0.3, 0.4) is 0 Å². The molecule has 0 aromatic heterocycles. The zero-order valence-corrected chi connectivity index (χ0v) is 10.6. The van der Waals surface area contributed by atoms with Gasteiger partial charge in [0.15, 0.2) is 0 Å². The van der Waals surface area contributed by atoms with E-state index in [0.717, 1.165) is 13.0 Å². The maximum Gasteiger partial charge on any atom is 0.403 e. The zero-order valence-electron chi connectivity index (χ0n) is 9.87. The Kier molecular flexibility index (Phi) is 12.5. The summed E-state index contributed by atoms with van der Waals surface area (Å²) in [5, 5.41) is 0. The van der Waals surface area contributed by atoms with Crippen molar-refractivity contribution in [1.82, 2.24) is 0 Å². The van der Waals surface area contributed by atoms with Crippen LogP contribution >= 0.6 is 11.6 Å². The molecule has 0 aliphatic heterocycles. The molecule has 4 nitrogen and oxygen atoms in total. The second-order valence-corrected chi connectivity index (χ2v) is 3.68. The molecule has 0 aromatic carbocycles. The highest BCUT2D eigenvalue weighted by Gasteiger charge is 1.95. The Bertz CT molecular complexity index is 164. The van der Waals surface area contributed by atoms with Gasteiger partial charge in [-0.2, -0.15) is 0 Å². The lowest BCUT2D eigenvalue weighted by atomic mass is 10.2. The quantitative estimate of drug-likeness (QED) is 0.419. The normalized spacial score (nSPS) is 10.4. The molecular formula is C11H21ClO4. The molecule has 0 fully saturated rings. The number of unbranched alkanes of at least 4 members (excludes halogenated alkanes) is 3. The first-order valence-corrected chi connectivity index (χ1v) is 6.13. The van der Waals surface area contributed by atoms with Gasteiger partial charge in [-0.15, -0.1) is 0 Å². The molecule has 0 radical (unpaired) electrons. The van der Waals surface area contributed by atoms with Gasteiger partial charge in [0, 0.05) is 18.2 Å². The molecule has 0 bridgehead atoms. The van der Waals surface area contributed by atoms with E-state index >= 15 is 0 Å². The van der Waals surface area contributed by atoms with Gasteiger partial charge < -0.3 is 14.2 Å². The number of halogens is 1. The summed E-state index contributed by atoms with van der Waals surface area (Å²) in [5.41, 5.74) is -0.796. The minimum Gasteiger partial charge on any atom is -0.451 e. The first-order chi connectivity index (χ1) is 7.77. The third-order valence-electron chi connectivity index (χ3n) is 1.96. The predicted octanol–water partition coefficient (Wildman–Crippen LogP) is 2.98. The Morgan fingerprint density at radius 1 is 0.938 bits per heavy atom. The van der Waals surface area contributed by atoms with Gasteiger partial charge in [0.2, 0.25) is 0 Å². The molecule has 0 unspecified atom stereocenters. The number of carbonyl (C=O) groups is 1. The second-order valence-electron chi connectivity index (χ2n) is 3.37. The molecule has 0 aliphatic rings. The molecule has 0 saturated heterocycles. The van der Waals surface area contributed by atoms with E-state index in [1.165, 1.54) is 19.3 Å². The molecule has 0 heterocycles. The standard InChI is InChI=1S/C11H21ClO4/c1-2-3-4-5-6-14-7-8-15-9-10-16-11(12)13/h2-10H2,1H3. The van der Waals surface area contributed by atoms with Gasteiger partial charge in [0.05, 0.1) is 19.8 Å². The van der Waals surface area contributed by atoms with Crippen LogP contribution in [0.25, 0.3) is 0 Å². The smallest absolute Gasteiger partial charge is 0.403 e. The molecule has 0 aliphatic carbocycles. The highest BCUT2D eigenvalue weighted by molar-refractivity contribution is 6.61. The van der Waals surface area contributed by atoms with Crippen LogP contribution in [-0.4, -0.2) is 38.5 Å². The summed E-state index contributed by atoms with van der Waals surface area (Å²) in [6.45, 7) is 4.63. The molecule has 0 saturated carbocycles. The summed E-state index contributed by atoms with van der Waals surface area (Å²) in [5.74, 6) is 0. The summed E-state index contributed by atoms with van der Waals surface area (Å²) < 4.78 is 15.0. The van der Waals surface area contributed by atoms with E-state index in [1.54, 1.807) is 0 Å². The van der Waals surface area contributed by atoms with Crippen molar-refractivity contribution in [2.24, 2.45) is 0 Å². The van der Waals surface area contributed by atoms with Crippen molar-refractivity contribution >= 4 is 17.0 Å². The maximum absolute atomic E-state index is 10.2. The fourth-order valence-corrected chi connectivity index (χ4v) is 1.21. The van der Waals surface area contributed by atoms with Crippen molar-refractivity contribution in [3.63, 3.8) is 0 Å². The van der Waals surface area contributed by atoms with E-state index in [-0.39, 0.29) is 6.61 Å². The summed E-state index contributed by atoms with van der Waals surface area (Å²) >= 11 is 4.96. The molecule has 0 amide bonds. The molecule has 16 heavy (non-hydrogen) atoms. The third-order valence-corrected chi connectivity index (χ3v) is 2.07. The van der Waals surface area contributed by atoms with Crippen molar-refractivity contribution in [2.45, 2.75) is 32.6 Å². The fraction of sp³-hybridized carbons (Fsp3) is 0.909. The van der Waals surface area contributed by atoms with Gasteiger partial charge in [-0.25, -0.2) is 4.79 Å². The topological polar surface area (TPSA) is 44.8 Å². The van der Waals surface area contributed by atoms with Crippen LogP contribution in [0.4, 0.5) is 4.79 Å². The van der Waals surface area contributed by atoms with E-state index in [0.29, 0.717) is 19.8 Å². The van der Waals surface area contributed by atoms with E-state index in [4.69, 9.17) is 21.1 Å². The molecule has 0 aromatic rings. The highest BCUT2D eigenvalue weighted by Crippen LogP contribution is 1.98. The van der Waals surface area contributed by atoms with Crippen LogP contribution in [0, 0.1) is 0 Å². The van der Waals surface area contributed by atoms with Gasteiger partial charge in [0.25, 0.3) is 0 Å². The largest absolute Gasteiger partial charge is 0.451 e. The monoisotopic (exact) mass is 252 g/mol. The van der Waals surface area contributed by atoms with Gasteiger partial charge >= 0.3 is 5.43 Å². The Balaban J connectivity index is 2.90. The average Bonchev–Trinajstić information content (AvgIpc) is 2.25. The number of ether oxygens (including phenoxy) is 3. The Hall–Kier alpha value is -0.320. The first-order valence-electron chi connectivity index (χ1n) is 5.75. The van der Waals surface area contributed by atoms with Crippen LogP contribution in [0.2, 0.25) is 0 Å². The first kappa shape index (κ1) is 15.7. The molecule has 5 heteroatoms. The second kappa shape index (κ2) is 12.7. The van der Waals surface area contributed by atoms with E-state index in [2.05, 4.69) is 11.7 Å². The van der Waals surface area contributed by atoms with Crippen LogP contribution in [0.15, 0.2) is 0 Å². The van der Waals surface area contributed by atoms with E-state index in [9.17, 15) is 4.79 Å². The predicted molar refractivity (Wildman–Crippen MR) is 63.0 cm³/mol. The summed E-state index contributed by atoms with van der Waals surface area (Å²) in [6, 6.07) is 0. The number of carbonyl (C=O) groups excluding carboxylic acids is 1. The number of hydrogen-bond acceptors (Lipinski definition) is 4. The average molecular weight is 253 g/mol. The molecule has 0 rings (SSSR count). The van der Waals surface area contributed by atoms with Crippen molar-refractivity contribution < 1.29 is 19.0 Å². The molecule has 0 atom stereocenters. The minimum absolute atomic E-state index is 0.193. The van der Waals surface area contributed by atoms with Crippen LogP contribution in [0.5, 0.6) is 0 Å². The number of hydrogen-bond donors (Lipinski definition) is 0. The summed E-state index contributed by atoms with van der Waals surface area (Å²) in [7, 11) is 0. The Morgan fingerprint density at radius 3 is 2.19 bits per heavy atom. The van der Waals surface area contributed by atoms with Crippen LogP contribution < -0.4 is 0 Å². The Labute approximate surface area is 102 Å². The molecule has 0 N–H and O–H groups in total. The van der Waals surface area contributed by atoms with Crippen molar-refractivity contribution in [3.05, 3.63) is 0 Å². The van der Waals surface area contributed by atoms with Crippen molar-refractivity contribution in [1.29, 1.82) is 0 Å². The summed E-state index contributed by atoms with van der Waals surface area (Å²) in [6.07, 6.45) is 4.84. The van der Waals surface area contributed by atoms with Gasteiger partial charge in [0.1, 0.15) is 6.61 Å². The molecule has 0 spiro atoms. The highest BCUT2D eigenvalue weighted by atomic mass is 35.5. The van der Waals surface area contributed by atoms with Crippen molar-refractivity contribution in [2.75, 3.05) is 33.0 Å². The lowest BCUT2D eigenvalue weighted by molar-refractivity contribution is 0.0301.